The van der Waals surface area contributed by atoms with Gasteiger partial charge in [-0.05, 0) is 24.1 Å². The Labute approximate surface area is 124 Å². The topological polar surface area (TPSA) is 52.6 Å². The predicted molar refractivity (Wildman–Crippen MR) is 75.9 cm³/mol. The monoisotopic (exact) mass is 296 g/mol. The first-order valence-electron chi connectivity index (χ1n) is 7.17. The van der Waals surface area contributed by atoms with Crippen LogP contribution in [0.25, 0.3) is 0 Å². The first-order chi connectivity index (χ1) is 10.1. The summed E-state index contributed by atoms with van der Waals surface area (Å²) < 4.78 is 22.9. The second kappa shape index (κ2) is 9.91. The molecule has 0 fully saturated rings. The van der Waals surface area contributed by atoms with Crippen LogP contribution in [0.3, 0.4) is 0 Å². The van der Waals surface area contributed by atoms with Gasteiger partial charge in [-0.15, -0.1) is 0 Å². The second-order valence-electron chi connectivity index (χ2n) is 4.72. The summed E-state index contributed by atoms with van der Waals surface area (Å²) in [5, 5.41) is 0. The van der Waals surface area contributed by atoms with Crippen molar-refractivity contribution in [1.29, 1.82) is 0 Å². The Balaban J connectivity index is 2.15. The largest absolute Gasteiger partial charge is 0.466 e. The summed E-state index contributed by atoms with van der Waals surface area (Å²) in [6.45, 7) is 2.46. The van der Waals surface area contributed by atoms with Gasteiger partial charge in [0.25, 0.3) is 0 Å². The highest BCUT2D eigenvalue weighted by molar-refractivity contribution is 5.77. The molecule has 0 bridgehead atoms. The molecule has 0 spiro atoms. The van der Waals surface area contributed by atoms with Crippen molar-refractivity contribution in [3.63, 3.8) is 0 Å². The molecule has 0 heterocycles. The van der Waals surface area contributed by atoms with Crippen molar-refractivity contribution in [1.82, 2.24) is 0 Å². The van der Waals surface area contributed by atoms with Crippen LogP contribution in [0.1, 0.15) is 44.6 Å². The molecule has 1 rings (SSSR count). The minimum atomic E-state index is -0.496. The van der Waals surface area contributed by atoms with Crippen molar-refractivity contribution in [3.8, 4) is 0 Å². The van der Waals surface area contributed by atoms with E-state index in [9.17, 15) is 14.0 Å². The maximum Gasteiger partial charge on any atom is 0.306 e. The average Bonchev–Trinajstić information content (AvgIpc) is 2.47. The lowest BCUT2D eigenvalue weighted by molar-refractivity contribution is -0.151. The van der Waals surface area contributed by atoms with Gasteiger partial charge in [-0.25, -0.2) is 4.39 Å². The van der Waals surface area contributed by atoms with Crippen LogP contribution in [0.4, 0.5) is 4.39 Å². The zero-order valence-electron chi connectivity index (χ0n) is 12.3. The molecule has 0 aliphatic carbocycles. The van der Waals surface area contributed by atoms with Crippen LogP contribution < -0.4 is 0 Å². The number of carbonyl (C=O) groups excluding carboxylic acids is 2. The smallest absolute Gasteiger partial charge is 0.306 e. The maximum atomic E-state index is 12.9. The van der Waals surface area contributed by atoms with Gasteiger partial charge in [0.2, 0.25) is 0 Å². The van der Waals surface area contributed by atoms with Crippen LogP contribution in [-0.4, -0.2) is 18.5 Å². The lowest BCUT2D eigenvalue weighted by atomic mass is 10.2. The first-order valence-corrected chi connectivity index (χ1v) is 7.17. The molecule has 1 aromatic rings. The zero-order chi connectivity index (χ0) is 15.5. The molecule has 116 valence electrons. The van der Waals surface area contributed by atoms with E-state index in [-0.39, 0.29) is 25.3 Å². The zero-order valence-corrected chi connectivity index (χ0v) is 12.3. The van der Waals surface area contributed by atoms with E-state index in [1.165, 1.54) is 12.1 Å². The van der Waals surface area contributed by atoms with Crippen molar-refractivity contribution in [2.75, 3.05) is 6.61 Å². The first kappa shape index (κ1) is 17.1. The van der Waals surface area contributed by atoms with Crippen molar-refractivity contribution >= 4 is 11.9 Å². The van der Waals surface area contributed by atoms with Gasteiger partial charge in [0, 0.05) is 0 Å². The molecule has 0 atom stereocenters. The standard InChI is InChI=1S/C16H21FO4/c1-2-3-4-10-20-15(18)8-9-16(19)21-12-13-6-5-7-14(17)11-13/h5-7,11H,2-4,8-10,12H2,1H3. The van der Waals surface area contributed by atoms with Crippen molar-refractivity contribution in [3.05, 3.63) is 35.6 Å². The van der Waals surface area contributed by atoms with Crippen molar-refractivity contribution < 1.29 is 23.5 Å². The summed E-state index contributed by atoms with van der Waals surface area (Å²) >= 11 is 0. The van der Waals surface area contributed by atoms with Gasteiger partial charge in [-0.2, -0.15) is 0 Å². The van der Waals surface area contributed by atoms with Crippen LogP contribution in [0, 0.1) is 5.82 Å². The Morgan fingerprint density at radius 1 is 1.10 bits per heavy atom. The summed E-state index contributed by atoms with van der Waals surface area (Å²) in [6.07, 6.45) is 2.90. The molecule has 4 nitrogen and oxygen atoms in total. The van der Waals surface area contributed by atoms with Crippen LogP contribution in [-0.2, 0) is 25.7 Å². The van der Waals surface area contributed by atoms with Gasteiger partial charge in [-0.3, -0.25) is 9.59 Å². The van der Waals surface area contributed by atoms with Gasteiger partial charge in [0.1, 0.15) is 12.4 Å². The van der Waals surface area contributed by atoms with E-state index >= 15 is 0 Å². The third-order valence-corrected chi connectivity index (χ3v) is 2.83. The van der Waals surface area contributed by atoms with E-state index < -0.39 is 11.9 Å². The molecule has 0 unspecified atom stereocenters. The summed E-state index contributed by atoms with van der Waals surface area (Å²) in [5.41, 5.74) is 0.575. The fourth-order valence-corrected chi connectivity index (χ4v) is 1.68. The highest BCUT2D eigenvalue weighted by Gasteiger charge is 2.09. The van der Waals surface area contributed by atoms with E-state index in [2.05, 4.69) is 6.92 Å². The number of halogens is 1. The molecule has 0 radical (unpaired) electrons. The van der Waals surface area contributed by atoms with Gasteiger partial charge >= 0.3 is 11.9 Å². The van der Waals surface area contributed by atoms with Crippen LogP contribution in [0.5, 0.6) is 0 Å². The molecule has 0 aliphatic heterocycles. The SMILES string of the molecule is CCCCCOC(=O)CCC(=O)OCc1cccc(F)c1. The molecule has 1 aromatic carbocycles. The van der Waals surface area contributed by atoms with E-state index in [0.717, 1.165) is 19.3 Å². The average molecular weight is 296 g/mol. The Hall–Kier alpha value is -1.91. The molecule has 0 aliphatic rings. The quantitative estimate of drug-likeness (QED) is 0.518. The van der Waals surface area contributed by atoms with Crippen LogP contribution in [0.2, 0.25) is 0 Å². The number of esters is 2. The fraction of sp³-hybridized carbons (Fsp3) is 0.500. The molecule has 5 heteroatoms. The van der Waals surface area contributed by atoms with Crippen molar-refractivity contribution in [2.24, 2.45) is 0 Å². The molecule has 0 saturated heterocycles. The third-order valence-electron chi connectivity index (χ3n) is 2.83. The van der Waals surface area contributed by atoms with Gasteiger partial charge in [-0.1, -0.05) is 31.9 Å². The fourth-order valence-electron chi connectivity index (χ4n) is 1.68. The van der Waals surface area contributed by atoms with Crippen molar-refractivity contribution in [2.45, 2.75) is 45.6 Å². The molecule has 21 heavy (non-hydrogen) atoms. The number of hydrogen-bond donors (Lipinski definition) is 0. The number of unbranched alkanes of at least 4 members (excludes halogenated alkanes) is 2. The minimum absolute atomic E-state index is 0.00212. The Kier molecular flexibility index (Phi) is 8.09. The lowest BCUT2D eigenvalue weighted by Crippen LogP contribution is -2.11. The third kappa shape index (κ3) is 8.07. The highest BCUT2D eigenvalue weighted by Crippen LogP contribution is 2.06. The van der Waals surface area contributed by atoms with Crippen LogP contribution in [0.15, 0.2) is 24.3 Å². The van der Waals surface area contributed by atoms with Crippen LogP contribution >= 0.6 is 0 Å². The van der Waals surface area contributed by atoms with E-state index in [4.69, 9.17) is 9.47 Å². The number of rotatable bonds is 9. The van der Waals surface area contributed by atoms with E-state index in [0.29, 0.717) is 12.2 Å². The Morgan fingerprint density at radius 2 is 1.81 bits per heavy atom. The Morgan fingerprint density at radius 3 is 2.48 bits per heavy atom. The number of benzene rings is 1. The van der Waals surface area contributed by atoms with Gasteiger partial charge < -0.3 is 9.47 Å². The van der Waals surface area contributed by atoms with Gasteiger partial charge in [0.05, 0.1) is 19.4 Å². The number of ether oxygens (including phenoxy) is 2. The van der Waals surface area contributed by atoms with Gasteiger partial charge in [0.15, 0.2) is 0 Å². The normalized spacial score (nSPS) is 10.2. The predicted octanol–water partition coefficient (Wildman–Crippen LogP) is 3.38. The Bertz CT molecular complexity index is 459. The summed E-state index contributed by atoms with van der Waals surface area (Å²) in [5.74, 6) is -1.27. The summed E-state index contributed by atoms with van der Waals surface area (Å²) in [4.78, 5) is 22.8. The molecular weight excluding hydrogens is 275 g/mol. The second-order valence-corrected chi connectivity index (χ2v) is 4.72. The minimum Gasteiger partial charge on any atom is -0.466 e. The lowest BCUT2D eigenvalue weighted by Gasteiger charge is -2.06. The highest BCUT2D eigenvalue weighted by atomic mass is 19.1. The molecular formula is C16H21FO4. The molecule has 0 amide bonds. The summed E-state index contributed by atoms with van der Waals surface area (Å²) in [7, 11) is 0. The molecule has 0 N–H and O–H groups in total. The molecule has 0 aromatic heterocycles. The maximum absolute atomic E-state index is 12.9. The van der Waals surface area contributed by atoms with E-state index in [1.54, 1.807) is 12.1 Å². The number of carbonyl (C=O) groups is 2. The summed E-state index contributed by atoms with van der Waals surface area (Å²) in [6, 6.07) is 5.83. The number of hydrogen-bond acceptors (Lipinski definition) is 4. The molecule has 0 saturated carbocycles. The van der Waals surface area contributed by atoms with E-state index in [1.807, 2.05) is 0 Å².